The molecule has 0 aliphatic carbocycles. The number of thiazole rings is 1. The van der Waals surface area contributed by atoms with Crippen LogP contribution in [0.2, 0.25) is 0 Å². The lowest BCUT2D eigenvalue weighted by molar-refractivity contribution is -0.115. The van der Waals surface area contributed by atoms with E-state index in [1.54, 1.807) is 17.4 Å². The summed E-state index contributed by atoms with van der Waals surface area (Å²) in [6.45, 7) is 3.89. The summed E-state index contributed by atoms with van der Waals surface area (Å²) in [5.41, 5.74) is 2.30. The highest BCUT2D eigenvalue weighted by atomic mass is 32.2. The highest BCUT2D eigenvalue weighted by molar-refractivity contribution is 8.00. The van der Waals surface area contributed by atoms with E-state index in [1.165, 1.54) is 23.1 Å². The van der Waals surface area contributed by atoms with E-state index in [-0.39, 0.29) is 5.91 Å². The van der Waals surface area contributed by atoms with Crippen LogP contribution in [0, 0.1) is 11.3 Å². The van der Waals surface area contributed by atoms with Crippen LogP contribution in [0.15, 0.2) is 40.1 Å². The maximum absolute atomic E-state index is 12.5. The second kappa shape index (κ2) is 9.13. The largest absolute Gasteiger partial charge is 0.301 e. The zero-order chi connectivity index (χ0) is 19.2. The third kappa shape index (κ3) is 4.95. The smallest absolute Gasteiger partial charge is 0.239 e. The number of nitriles is 1. The van der Waals surface area contributed by atoms with Gasteiger partial charge in [0.15, 0.2) is 5.13 Å². The van der Waals surface area contributed by atoms with Crippen LogP contribution in [0.4, 0.5) is 5.13 Å². The average molecular weight is 415 g/mol. The number of rotatable bonds is 7. The molecule has 3 heterocycles. The summed E-state index contributed by atoms with van der Waals surface area (Å²) >= 11 is 4.32. The summed E-state index contributed by atoms with van der Waals surface area (Å²) in [5, 5.41) is 16.9. The zero-order valence-electron chi connectivity index (χ0n) is 14.9. The van der Waals surface area contributed by atoms with Crippen molar-refractivity contribution in [2.75, 3.05) is 5.32 Å². The molecule has 0 aliphatic heterocycles. The summed E-state index contributed by atoms with van der Waals surface area (Å²) in [4.78, 5) is 22.6. The first kappa shape index (κ1) is 19.5. The molecule has 0 aliphatic rings. The second-order valence-corrected chi connectivity index (χ2v) is 8.92. The lowest BCUT2D eigenvalue weighted by Crippen LogP contribution is -2.22. The van der Waals surface area contributed by atoms with Gasteiger partial charge in [0.05, 0.1) is 21.4 Å². The van der Waals surface area contributed by atoms with Gasteiger partial charge in [-0.15, -0.1) is 22.7 Å². The molecule has 0 saturated heterocycles. The highest BCUT2D eigenvalue weighted by Crippen LogP contribution is 2.30. The van der Waals surface area contributed by atoms with E-state index in [2.05, 4.69) is 28.3 Å². The number of nitrogens with zero attached hydrogens (tertiary/aromatic N) is 3. The fraction of sp³-hybridized carbons (Fsp3) is 0.263. The second-order valence-electron chi connectivity index (χ2n) is 5.78. The molecular weight excluding hydrogens is 396 g/mol. The van der Waals surface area contributed by atoms with E-state index in [4.69, 9.17) is 0 Å². The number of carbonyl (C=O) groups is 1. The van der Waals surface area contributed by atoms with E-state index in [9.17, 15) is 10.1 Å². The molecule has 3 aromatic rings. The Kier molecular flexibility index (Phi) is 6.61. The SMILES string of the molecule is CCCc1ccc(C#N)c(SC(C)C(=O)Nc2nc(-c3cccs3)cs2)n1. The first-order valence-electron chi connectivity index (χ1n) is 8.47. The van der Waals surface area contributed by atoms with Gasteiger partial charge in [0.2, 0.25) is 5.91 Å². The maximum atomic E-state index is 12.5. The first-order chi connectivity index (χ1) is 13.1. The number of thiophene rings is 1. The number of anilines is 1. The molecule has 1 atom stereocenters. The van der Waals surface area contributed by atoms with Crippen LogP contribution in [0.1, 0.15) is 31.5 Å². The number of hydrogen-bond donors (Lipinski definition) is 1. The van der Waals surface area contributed by atoms with Crippen molar-refractivity contribution in [3.05, 3.63) is 46.3 Å². The number of aromatic nitrogens is 2. The Hall–Kier alpha value is -2.21. The molecule has 0 radical (unpaired) electrons. The van der Waals surface area contributed by atoms with Gasteiger partial charge in [-0.2, -0.15) is 5.26 Å². The zero-order valence-corrected chi connectivity index (χ0v) is 17.4. The highest BCUT2D eigenvalue weighted by Gasteiger charge is 2.19. The van der Waals surface area contributed by atoms with Crippen LogP contribution in [-0.4, -0.2) is 21.1 Å². The van der Waals surface area contributed by atoms with E-state index in [0.29, 0.717) is 15.7 Å². The van der Waals surface area contributed by atoms with Crippen molar-refractivity contribution in [3.63, 3.8) is 0 Å². The van der Waals surface area contributed by atoms with Gasteiger partial charge >= 0.3 is 0 Å². The van der Waals surface area contributed by atoms with Crippen LogP contribution in [0.5, 0.6) is 0 Å². The summed E-state index contributed by atoms with van der Waals surface area (Å²) in [6.07, 6.45) is 1.83. The van der Waals surface area contributed by atoms with Gasteiger partial charge in [0.1, 0.15) is 11.1 Å². The summed E-state index contributed by atoms with van der Waals surface area (Å²) in [5.74, 6) is -0.154. The Balaban J connectivity index is 1.67. The van der Waals surface area contributed by atoms with Crippen molar-refractivity contribution in [1.29, 1.82) is 5.26 Å². The molecule has 0 aromatic carbocycles. The molecule has 1 unspecified atom stereocenters. The van der Waals surface area contributed by atoms with Crippen LogP contribution in [0.25, 0.3) is 10.6 Å². The minimum atomic E-state index is -0.393. The number of aryl methyl sites for hydroxylation is 1. The maximum Gasteiger partial charge on any atom is 0.239 e. The molecule has 3 aromatic heterocycles. The lowest BCUT2D eigenvalue weighted by Gasteiger charge is -2.11. The molecule has 0 spiro atoms. The molecule has 0 saturated carbocycles. The van der Waals surface area contributed by atoms with Crippen molar-refractivity contribution in [2.24, 2.45) is 0 Å². The van der Waals surface area contributed by atoms with Gasteiger partial charge in [0, 0.05) is 11.1 Å². The van der Waals surface area contributed by atoms with E-state index in [1.807, 2.05) is 35.9 Å². The Morgan fingerprint density at radius 1 is 1.33 bits per heavy atom. The van der Waals surface area contributed by atoms with Crippen LogP contribution in [-0.2, 0) is 11.2 Å². The Labute approximate surface area is 170 Å². The fourth-order valence-corrected chi connectivity index (χ4v) is 4.73. The molecule has 8 heteroatoms. The Morgan fingerprint density at radius 2 is 2.19 bits per heavy atom. The van der Waals surface area contributed by atoms with Crippen molar-refractivity contribution < 1.29 is 4.79 Å². The Morgan fingerprint density at radius 3 is 2.89 bits per heavy atom. The number of pyridine rings is 1. The molecule has 138 valence electrons. The van der Waals surface area contributed by atoms with Crippen molar-refractivity contribution >= 4 is 45.5 Å². The van der Waals surface area contributed by atoms with Gasteiger partial charge in [-0.05, 0) is 36.9 Å². The summed E-state index contributed by atoms with van der Waals surface area (Å²) in [6, 6.07) is 9.78. The van der Waals surface area contributed by atoms with Gasteiger partial charge < -0.3 is 5.32 Å². The van der Waals surface area contributed by atoms with Crippen molar-refractivity contribution in [1.82, 2.24) is 9.97 Å². The first-order valence-corrected chi connectivity index (χ1v) is 11.1. The quantitative estimate of drug-likeness (QED) is 0.537. The average Bonchev–Trinajstić information content (AvgIpc) is 3.33. The van der Waals surface area contributed by atoms with Gasteiger partial charge in [-0.25, -0.2) is 9.97 Å². The number of thioether (sulfide) groups is 1. The third-order valence-electron chi connectivity index (χ3n) is 3.71. The van der Waals surface area contributed by atoms with Crippen molar-refractivity contribution in [3.8, 4) is 16.6 Å². The van der Waals surface area contributed by atoms with Gasteiger partial charge in [-0.3, -0.25) is 4.79 Å². The number of hydrogen-bond acceptors (Lipinski definition) is 7. The van der Waals surface area contributed by atoms with E-state index in [0.717, 1.165) is 29.1 Å². The minimum Gasteiger partial charge on any atom is -0.301 e. The molecule has 3 rings (SSSR count). The molecule has 0 bridgehead atoms. The predicted molar refractivity (Wildman–Crippen MR) is 112 cm³/mol. The minimum absolute atomic E-state index is 0.154. The molecule has 1 amide bonds. The number of amides is 1. The normalized spacial score (nSPS) is 11.7. The molecule has 0 fully saturated rings. The monoisotopic (exact) mass is 414 g/mol. The standard InChI is InChI=1S/C19H18N4OS3/c1-3-5-14-8-7-13(10-20)18(21-14)27-12(2)17(24)23-19-22-15(11-26-19)16-6-4-9-25-16/h4,6-9,11-12H,3,5H2,1-2H3,(H,22,23,24). The number of nitrogens with one attached hydrogen (secondary N) is 1. The third-order valence-corrected chi connectivity index (χ3v) is 6.46. The van der Waals surface area contributed by atoms with Crippen LogP contribution in [0.3, 0.4) is 0 Å². The molecular formula is C19H18N4OS3. The van der Waals surface area contributed by atoms with E-state index >= 15 is 0 Å². The fourth-order valence-electron chi connectivity index (χ4n) is 2.35. The van der Waals surface area contributed by atoms with Crippen LogP contribution >= 0.6 is 34.4 Å². The number of carbonyl (C=O) groups excluding carboxylic acids is 1. The topological polar surface area (TPSA) is 78.7 Å². The summed E-state index contributed by atoms with van der Waals surface area (Å²) in [7, 11) is 0. The van der Waals surface area contributed by atoms with Crippen molar-refractivity contribution in [2.45, 2.75) is 37.0 Å². The molecule has 1 N–H and O–H groups in total. The molecule has 27 heavy (non-hydrogen) atoms. The Bertz CT molecular complexity index is 960. The molecule has 5 nitrogen and oxygen atoms in total. The van der Waals surface area contributed by atoms with Gasteiger partial charge in [-0.1, -0.05) is 31.2 Å². The van der Waals surface area contributed by atoms with E-state index < -0.39 is 5.25 Å². The predicted octanol–water partition coefficient (Wildman–Crippen LogP) is 5.21. The summed E-state index contributed by atoms with van der Waals surface area (Å²) < 4.78 is 0. The lowest BCUT2D eigenvalue weighted by atomic mass is 10.2. The van der Waals surface area contributed by atoms with Crippen LogP contribution < -0.4 is 5.32 Å². The van der Waals surface area contributed by atoms with Gasteiger partial charge in [0.25, 0.3) is 0 Å².